The van der Waals surface area contributed by atoms with E-state index in [0.717, 1.165) is 5.56 Å². The normalized spacial score (nSPS) is 14.8. The van der Waals surface area contributed by atoms with Crippen LogP contribution in [0.1, 0.15) is 55.9 Å². The topological polar surface area (TPSA) is 64.4 Å². The van der Waals surface area contributed by atoms with Gasteiger partial charge in [0, 0.05) is 12.1 Å². The molecule has 1 atom stereocenters. The van der Waals surface area contributed by atoms with Gasteiger partial charge in [-0.15, -0.1) is 6.58 Å². The van der Waals surface area contributed by atoms with Gasteiger partial charge in [0.25, 0.3) is 5.56 Å². The minimum Gasteiger partial charge on any atom is -0.444 e. The fourth-order valence-corrected chi connectivity index (χ4v) is 3.69. The highest BCUT2D eigenvalue weighted by molar-refractivity contribution is 5.68. The maximum absolute atomic E-state index is 13.4. The molecule has 29 heavy (non-hydrogen) atoms. The molecule has 1 aliphatic rings. The molecule has 3 rings (SSSR count). The minimum atomic E-state index is -0.558. The number of carbonyl (C=O) groups excluding carboxylic acids is 1. The molecule has 0 saturated carbocycles. The second-order valence-corrected chi connectivity index (χ2v) is 8.36. The quantitative estimate of drug-likeness (QED) is 0.734. The SMILES string of the molecule is C=CCC(c1ccccc1)n1c(C)nc2c(c1=O)CCN(C(=O)OC(C)(C)C)C2. The van der Waals surface area contributed by atoms with E-state index in [1.54, 1.807) is 9.47 Å². The Morgan fingerprint density at radius 1 is 1.31 bits per heavy atom. The van der Waals surface area contributed by atoms with Crippen molar-refractivity contribution < 1.29 is 9.53 Å². The first-order valence-corrected chi connectivity index (χ1v) is 9.96. The Hall–Kier alpha value is -2.89. The largest absolute Gasteiger partial charge is 0.444 e. The fourth-order valence-electron chi connectivity index (χ4n) is 3.69. The van der Waals surface area contributed by atoms with Crippen LogP contribution >= 0.6 is 0 Å². The molecule has 0 spiro atoms. The Bertz CT molecular complexity index is 958. The van der Waals surface area contributed by atoms with Gasteiger partial charge in [0.05, 0.1) is 18.3 Å². The van der Waals surface area contributed by atoms with Crippen molar-refractivity contribution in [2.45, 2.75) is 58.7 Å². The zero-order valence-corrected chi connectivity index (χ0v) is 17.6. The summed E-state index contributed by atoms with van der Waals surface area (Å²) in [4.78, 5) is 32.1. The van der Waals surface area contributed by atoms with Gasteiger partial charge in [-0.3, -0.25) is 9.36 Å². The Morgan fingerprint density at radius 2 is 2.00 bits per heavy atom. The number of benzene rings is 1. The first-order chi connectivity index (χ1) is 13.7. The average Bonchev–Trinajstić information content (AvgIpc) is 2.66. The molecule has 1 amide bonds. The summed E-state index contributed by atoms with van der Waals surface area (Å²) in [5.74, 6) is 0.635. The van der Waals surface area contributed by atoms with Crippen LogP contribution in [0.25, 0.3) is 0 Å². The molecule has 1 unspecified atom stereocenters. The van der Waals surface area contributed by atoms with Crippen LogP contribution in [0.5, 0.6) is 0 Å². The van der Waals surface area contributed by atoms with Crippen LogP contribution in [0, 0.1) is 6.92 Å². The van der Waals surface area contributed by atoms with Crippen molar-refractivity contribution in [2.75, 3.05) is 6.54 Å². The van der Waals surface area contributed by atoms with Gasteiger partial charge >= 0.3 is 6.09 Å². The summed E-state index contributed by atoms with van der Waals surface area (Å²) >= 11 is 0. The van der Waals surface area contributed by atoms with Gasteiger partial charge in [-0.1, -0.05) is 36.4 Å². The number of aromatic nitrogens is 2. The second kappa shape index (κ2) is 8.23. The molecular weight excluding hydrogens is 366 g/mol. The highest BCUT2D eigenvalue weighted by Gasteiger charge is 2.29. The number of rotatable bonds is 4. The second-order valence-electron chi connectivity index (χ2n) is 8.36. The van der Waals surface area contributed by atoms with Crippen LogP contribution in [0.4, 0.5) is 4.79 Å². The van der Waals surface area contributed by atoms with Crippen LogP contribution in [0.15, 0.2) is 47.8 Å². The summed E-state index contributed by atoms with van der Waals surface area (Å²) in [6, 6.07) is 9.78. The maximum atomic E-state index is 13.4. The fraction of sp³-hybridized carbons (Fsp3) is 0.435. The minimum absolute atomic E-state index is 0.0351. The van der Waals surface area contributed by atoms with Gasteiger partial charge in [0.2, 0.25) is 0 Å². The number of aryl methyl sites for hydroxylation is 1. The van der Waals surface area contributed by atoms with E-state index in [2.05, 4.69) is 6.58 Å². The van der Waals surface area contributed by atoms with E-state index in [1.807, 2.05) is 64.1 Å². The molecule has 0 aliphatic carbocycles. The standard InChI is InChI=1S/C23H29N3O3/c1-6-10-20(17-11-8-7-9-12-17)26-16(2)24-19-15-25(14-13-18(19)21(26)27)22(28)29-23(3,4)5/h6-9,11-12,20H,1,10,13-15H2,2-5H3. The van der Waals surface area contributed by atoms with Crippen LogP contribution < -0.4 is 5.56 Å². The van der Waals surface area contributed by atoms with Crippen molar-refractivity contribution in [1.29, 1.82) is 0 Å². The van der Waals surface area contributed by atoms with E-state index in [9.17, 15) is 9.59 Å². The number of allylic oxidation sites excluding steroid dienone is 1. The molecule has 1 aromatic heterocycles. The summed E-state index contributed by atoms with van der Waals surface area (Å²) in [6.07, 6.45) is 2.55. The van der Waals surface area contributed by atoms with Crippen LogP contribution in [-0.4, -0.2) is 32.7 Å². The van der Waals surface area contributed by atoms with Crippen LogP contribution in [-0.2, 0) is 17.7 Å². The highest BCUT2D eigenvalue weighted by Crippen LogP contribution is 2.24. The van der Waals surface area contributed by atoms with Crippen molar-refractivity contribution in [3.63, 3.8) is 0 Å². The van der Waals surface area contributed by atoms with E-state index in [4.69, 9.17) is 9.72 Å². The predicted molar refractivity (Wildman–Crippen MR) is 113 cm³/mol. The van der Waals surface area contributed by atoms with Crippen molar-refractivity contribution in [1.82, 2.24) is 14.5 Å². The number of carbonyl (C=O) groups is 1. The molecule has 1 aromatic carbocycles. The van der Waals surface area contributed by atoms with Gasteiger partial charge in [0.15, 0.2) is 0 Å². The van der Waals surface area contributed by atoms with E-state index in [1.165, 1.54) is 0 Å². The number of hydrogen-bond acceptors (Lipinski definition) is 4. The summed E-state index contributed by atoms with van der Waals surface area (Å²) in [7, 11) is 0. The summed E-state index contributed by atoms with van der Waals surface area (Å²) in [6.45, 7) is 12.0. The molecule has 6 heteroatoms. The van der Waals surface area contributed by atoms with Gasteiger partial charge in [-0.2, -0.15) is 0 Å². The summed E-state index contributed by atoms with van der Waals surface area (Å²) in [5, 5.41) is 0. The molecule has 0 fully saturated rings. The van der Waals surface area contributed by atoms with Crippen LogP contribution in [0.3, 0.4) is 0 Å². The lowest BCUT2D eigenvalue weighted by Gasteiger charge is -2.31. The van der Waals surface area contributed by atoms with Crippen molar-refractivity contribution in [3.8, 4) is 0 Å². The van der Waals surface area contributed by atoms with Crippen LogP contribution in [0.2, 0.25) is 0 Å². The number of fused-ring (bicyclic) bond motifs is 1. The summed E-state index contributed by atoms with van der Waals surface area (Å²) in [5.41, 5.74) is 1.79. The van der Waals surface area contributed by atoms with Gasteiger partial charge < -0.3 is 9.64 Å². The monoisotopic (exact) mass is 395 g/mol. The lowest BCUT2D eigenvalue weighted by Crippen LogP contribution is -2.43. The molecule has 154 valence electrons. The first kappa shape index (κ1) is 20.8. The van der Waals surface area contributed by atoms with E-state index >= 15 is 0 Å². The van der Waals surface area contributed by atoms with Gasteiger partial charge in [-0.05, 0) is 46.1 Å². The third-order valence-electron chi connectivity index (χ3n) is 4.98. The van der Waals surface area contributed by atoms with E-state index in [-0.39, 0.29) is 17.7 Å². The molecule has 2 heterocycles. The molecule has 0 bridgehead atoms. The lowest BCUT2D eigenvalue weighted by molar-refractivity contribution is 0.0219. The average molecular weight is 396 g/mol. The molecule has 2 aromatic rings. The highest BCUT2D eigenvalue weighted by atomic mass is 16.6. The third-order valence-corrected chi connectivity index (χ3v) is 4.98. The Kier molecular flexibility index (Phi) is 5.91. The van der Waals surface area contributed by atoms with Crippen molar-refractivity contribution in [2.24, 2.45) is 0 Å². The Morgan fingerprint density at radius 3 is 2.62 bits per heavy atom. The number of ether oxygens (including phenoxy) is 1. The lowest BCUT2D eigenvalue weighted by atomic mass is 10.0. The zero-order valence-electron chi connectivity index (χ0n) is 17.6. The molecule has 6 nitrogen and oxygen atoms in total. The zero-order chi connectivity index (χ0) is 21.2. The van der Waals surface area contributed by atoms with Crippen molar-refractivity contribution >= 4 is 6.09 Å². The molecule has 1 aliphatic heterocycles. The van der Waals surface area contributed by atoms with Gasteiger partial charge in [-0.25, -0.2) is 9.78 Å². The van der Waals surface area contributed by atoms with Gasteiger partial charge in [0.1, 0.15) is 11.4 Å². The number of hydrogen-bond donors (Lipinski definition) is 0. The number of amides is 1. The van der Waals surface area contributed by atoms with E-state index in [0.29, 0.717) is 43.0 Å². The predicted octanol–water partition coefficient (Wildman–Crippen LogP) is 4.01. The summed E-state index contributed by atoms with van der Waals surface area (Å²) < 4.78 is 7.23. The van der Waals surface area contributed by atoms with E-state index < -0.39 is 5.60 Å². The van der Waals surface area contributed by atoms with Crippen molar-refractivity contribution in [3.05, 3.63) is 76.0 Å². The smallest absolute Gasteiger partial charge is 0.410 e. The molecule has 0 radical (unpaired) electrons. The maximum Gasteiger partial charge on any atom is 0.410 e. The molecular formula is C23H29N3O3. The molecule has 0 saturated heterocycles. The Labute approximate surface area is 171 Å². The Balaban J connectivity index is 1.96. The number of nitrogens with zero attached hydrogens (tertiary/aromatic N) is 3. The third kappa shape index (κ3) is 4.58. The molecule has 0 N–H and O–H groups in total. The first-order valence-electron chi connectivity index (χ1n) is 9.96.